The monoisotopic (exact) mass is 397 g/mol. The van der Waals surface area contributed by atoms with Crippen molar-refractivity contribution in [2.24, 2.45) is 0 Å². The van der Waals surface area contributed by atoms with E-state index in [0.717, 1.165) is 16.5 Å². The molecule has 9 heteroatoms. The number of fused-ring (bicyclic) bond motifs is 1. The number of aromatic nitrogens is 2. The number of carbonyl (C=O) groups is 1. The Morgan fingerprint density at radius 3 is 2.75 bits per heavy atom. The van der Waals surface area contributed by atoms with Gasteiger partial charge in [0.15, 0.2) is 5.16 Å². The highest BCUT2D eigenvalue weighted by molar-refractivity contribution is 7.99. The van der Waals surface area contributed by atoms with Crippen LogP contribution < -0.4 is 10.6 Å². The molecule has 144 valence electrons. The van der Waals surface area contributed by atoms with E-state index in [1.807, 2.05) is 31.2 Å². The number of amides is 1. The highest BCUT2D eigenvalue weighted by Crippen LogP contribution is 2.27. The average Bonchev–Trinajstić information content (AvgIpc) is 2.68. The number of carbonyl (C=O) groups excluding carboxylic acids is 1. The van der Waals surface area contributed by atoms with Gasteiger partial charge in [0.1, 0.15) is 11.5 Å². The molecule has 0 aliphatic carbocycles. The summed E-state index contributed by atoms with van der Waals surface area (Å²) in [6.45, 7) is 4.45. The number of nitrogens with one attached hydrogen (secondary N) is 2. The van der Waals surface area contributed by atoms with Gasteiger partial charge in [0.25, 0.3) is 5.69 Å². The van der Waals surface area contributed by atoms with Gasteiger partial charge in [-0.2, -0.15) is 0 Å². The van der Waals surface area contributed by atoms with Crippen molar-refractivity contribution in [1.29, 1.82) is 0 Å². The lowest BCUT2D eigenvalue weighted by molar-refractivity contribution is -0.384. The summed E-state index contributed by atoms with van der Waals surface area (Å²) in [5.41, 5.74) is 1.58. The van der Waals surface area contributed by atoms with Crippen LogP contribution in [0.5, 0.6) is 0 Å². The van der Waals surface area contributed by atoms with Crippen molar-refractivity contribution in [3.8, 4) is 0 Å². The zero-order valence-corrected chi connectivity index (χ0v) is 16.2. The fraction of sp³-hybridized carbons (Fsp3) is 0.211. The lowest BCUT2D eigenvalue weighted by Gasteiger charge is -2.09. The molecule has 8 nitrogen and oxygen atoms in total. The van der Waals surface area contributed by atoms with E-state index < -0.39 is 4.92 Å². The normalized spacial score (nSPS) is 10.6. The Kier molecular flexibility index (Phi) is 6.05. The smallest absolute Gasteiger partial charge is 0.293 e. The molecule has 0 saturated heterocycles. The van der Waals surface area contributed by atoms with Crippen LogP contribution in [0.2, 0.25) is 0 Å². The summed E-state index contributed by atoms with van der Waals surface area (Å²) in [5.74, 6) is 0.387. The Hall–Kier alpha value is -3.20. The van der Waals surface area contributed by atoms with E-state index in [2.05, 4.69) is 20.6 Å². The fourth-order valence-electron chi connectivity index (χ4n) is 2.64. The van der Waals surface area contributed by atoms with Crippen LogP contribution in [0.3, 0.4) is 0 Å². The Morgan fingerprint density at radius 2 is 2.00 bits per heavy atom. The molecule has 0 aliphatic heterocycles. The van der Waals surface area contributed by atoms with Gasteiger partial charge in [-0.05, 0) is 37.6 Å². The molecule has 0 bridgehead atoms. The molecular formula is C19H19N5O3S. The van der Waals surface area contributed by atoms with Crippen LogP contribution in [0.15, 0.2) is 47.6 Å². The third-order valence-electron chi connectivity index (χ3n) is 3.88. The van der Waals surface area contributed by atoms with Gasteiger partial charge >= 0.3 is 0 Å². The summed E-state index contributed by atoms with van der Waals surface area (Å²) >= 11 is 1.18. The van der Waals surface area contributed by atoms with Crippen molar-refractivity contribution >= 4 is 45.8 Å². The molecule has 2 N–H and O–H groups in total. The van der Waals surface area contributed by atoms with Crippen LogP contribution in [0.1, 0.15) is 12.5 Å². The minimum atomic E-state index is -0.509. The molecule has 1 amide bonds. The summed E-state index contributed by atoms with van der Waals surface area (Å²) in [5, 5.41) is 18.3. The maximum Gasteiger partial charge on any atom is 0.293 e. The van der Waals surface area contributed by atoms with Crippen LogP contribution in [0.25, 0.3) is 10.9 Å². The molecule has 0 saturated carbocycles. The third-order valence-corrected chi connectivity index (χ3v) is 4.73. The first kappa shape index (κ1) is 19.6. The largest absolute Gasteiger partial charge is 0.370 e. The lowest BCUT2D eigenvalue weighted by atomic mass is 10.2. The Bertz CT molecular complexity index is 1040. The van der Waals surface area contributed by atoms with Gasteiger partial charge in [-0.25, -0.2) is 9.97 Å². The summed E-state index contributed by atoms with van der Waals surface area (Å²) < 4.78 is 0. The number of para-hydroxylation sites is 1. The highest BCUT2D eigenvalue weighted by atomic mass is 32.2. The predicted octanol–water partition coefficient (Wildman–Crippen LogP) is 4.01. The second kappa shape index (κ2) is 8.66. The second-order valence-electron chi connectivity index (χ2n) is 6.02. The Morgan fingerprint density at radius 1 is 1.21 bits per heavy atom. The number of anilines is 2. The van der Waals surface area contributed by atoms with E-state index in [4.69, 9.17) is 0 Å². The SMILES string of the molecule is CCNc1nc(SCC(=O)Nc2ccc(C)cc2[N+](=O)[O-])nc2ccccc12. The molecule has 28 heavy (non-hydrogen) atoms. The summed E-state index contributed by atoms with van der Waals surface area (Å²) in [6.07, 6.45) is 0. The van der Waals surface area contributed by atoms with E-state index >= 15 is 0 Å². The minimum Gasteiger partial charge on any atom is -0.370 e. The van der Waals surface area contributed by atoms with Crippen LogP contribution >= 0.6 is 11.8 Å². The van der Waals surface area contributed by atoms with Crippen molar-refractivity contribution in [2.75, 3.05) is 22.9 Å². The van der Waals surface area contributed by atoms with Crippen molar-refractivity contribution in [1.82, 2.24) is 9.97 Å². The molecule has 2 aromatic carbocycles. The standard InChI is InChI=1S/C19H19N5O3S/c1-3-20-18-13-6-4-5-7-14(13)22-19(23-18)28-11-17(25)21-15-9-8-12(2)10-16(15)24(26)27/h4-10H,3,11H2,1-2H3,(H,21,25)(H,20,22,23). The minimum absolute atomic E-state index is 0.0366. The molecule has 3 aromatic rings. The summed E-state index contributed by atoms with van der Waals surface area (Å²) in [7, 11) is 0. The van der Waals surface area contributed by atoms with Gasteiger partial charge in [0.2, 0.25) is 5.91 Å². The average molecular weight is 397 g/mol. The molecule has 0 atom stereocenters. The second-order valence-corrected chi connectivity index (χ2v) is 6.96. The van der Waals surface area contributed by atoms with Gasteiger partial charge in [-0.3, -0.25) is 14.9 Å². The van der Waals surface area contributed by atoms with Crippen molar-refractivity contribution in [2.45, 2.75) is 19.0 Å². The molecule has 3 rings (SSSR count). The first-order valence-electron chi connectivity index (χ1n) is 8.66. The number of hydrogen-bond acceptors (Lipinski definition) is 7. The van der Waals surface area contributed by atoms with Gasteiger partial charge in [-0.15, -0.1) is 0 Å². The van der Waals surface area contributed by atoms with Crippen molar-refractivity contribution in [3.05, 3.63) is 58.1 Å². The molecule has 1 heterocycles. The number of thioether (sulfide) groups is 1. The number of benzene rings is 2. The lowest BCUT2D eigenvalue weighted by Crippen LogP contribution is -2.15. The molecule has 0 fully saturated rings. The quantitative estimate of drug-likeness (QED) is 0.268. The summed E-state index contributed by atoms with van der Waals surface area (Å²) in [4.78, 5) is 31.9. The number of nitro benzene ring substituents is 1. The van der Waals surface area contributed by atoms with Gasteiger partial charge in [-0.1, -0.05) is 30.0 Å². The molecular weight excluding hydrogens is 378 g/mol. The van der Waals surface area contributed by atoms with E-state index in [1.165, 1.54) is 23.9 Å². The fourth-order valence-corrected chi connectivity index (χ4v) is 3.29. The number of aryl methyl sites for hydroxylation is 1. The summed E-state index contributed by atoms with van der Waals surface area (Å²) in [6, 6.07) is 12.3. The predicted molar refractivity (Wildman–Crippen MR) is 111 cm³/mol. The number of hydrogen-bond donors (Lipinski definition) is 2. The van der Waals surface area contributed by atoms with Gasteiger partial charge in [0, 0.05) is 18.0 Å². The van der Waals surface area contributed by atoms with E-state index in [-0.39, 0.29) is 23.0 Å². The van der Waals surface area contributed by atoms with Gasteiger partial charge in [0.05, 0.1) is 16.2 Å². The van der Waals surface area contributed by atoms with Crippen LogP contribution in [0, 0.1) is 17.0 Å². The first-order valence-corrected chi connectivity index (χ1v) is 9.65. The van der Waals surface area contributed by atoms with E-state index in [1.54, 1.807) is 13.0 Å². The Balaban J connectivity index is 1.74. The van der Waals surface area contributed by atoms with Crippen molar-refractivity contribution in [3.63, 3.8) is 0 Å². The van der Waals surface area contributed by atoms with Crippen LogP contribution in [-0.2, 0) is 4.79 Å². The topological polar surface area (TPSA) is 110 Å². The zero-order chi connectivity index (χ0) is 20.1. The molecule has 0 aliphatic rings. The maximum atomic E-state index is 12.3. The maximum absolute atomic E-state index is 12.3. The first-order chi connectivity index (χ1) is 13.5. The third kappa shape index (κ3) is 4.55. The highest BCUT2D eigenvalue weighted by Gasteiger charge is 2.16. The van der Waals surface area contributed by atoms with Gasteiger partial charge < -0.3 is 10.6 Å². The molecule has 0 radical (unpaired) electrons. The Labute approximate surface area is 165 Å². The van der Waals surface area contributed by atoms with Crippen LogP contribution in [-0.4, -0.2) is 33.1 Å². The molecule has 0 spiro atoms. The van der Waals surface area contributed by atoms with Crippen molar-refractivity contribution < 1.29 is 9.72 Å². The zero-order valence-electron chi connectivity index (χ0n) is 15.4. The number of rotatable bonds is 7. The molecule has 0 unspecified atom stereocenters. The van der Waals surface area contributed by atoms with E-state index in [9.17, 15) is 14.9 Å². The molecule has 1 aromatic heterocycles. The van der Waals surface area contributed by atoms with E-state index in [0.29, 0.717) is 17.5 Å². The number of nitrogens with zero attached hydrogens (tertiary/aromatic N) is 3. The van der Waals surface area contributed by atoms with Crippen LogP contribution in [0.4, 0.5) is 17.2 Å². The number of nitro groups is 1.